The van der Waals surface area contributed by atoms with E-state index in [1.165, 1.54) is 32.4 Å². The zero-order chi connectivity index (χ0) is 17.9. The molecule has 0 saturated carbocycles. The zero-order valence-corrected chi connectivity index (χ0v) is 16.4. The first-order valence-electron chi connectivity index (χ1n) is 10.1. The Kier molecular flexibility index (Phi) is 9.58. The molecule has 146 valence electrons. The molecular formula is C19H38N4O2. The highest BCUT2D eigenvalue weighted by molar-refractivity contribution is 5.79. The number of ether oxygens (including phenoxy) is 2. The fraction of sp³-hybridized carbons (Fsp3) is 0.947. The van der Waals surface area contributed by atoms with Crippen LogP contribution in [0.2, 0.25) is 0 Å². The zero-order valence-electron chi connectivity index (χ0n) is 16.4. The van der Waals surface area contributed by atoms with E-state index in [1.807, 2.05) is 7.05 Å². The van der Waals surface area contributed by atoms with E-state index < -0.39 is 0 Å². The quantitative estimate of drug-likeness (QED) is 0.376. The maximum atomic E-state index is 5.69. The second-order valence-electron chi connectivity index (χ2n) is 7.53. The Morgan fingerprint density at radius 2 is 2.20 bits per heavy atom. The van der Waals surface area contributed by atoms with Crippen molar-refractivity contribution in [3.05, 3.63) is 0 Å². The van der Waals surface area contributed by atoms with Crippen molar-refractivity contribution in [3.63, 3.8) is 0 Å². The fourth-order valence-corrected chi connectivity index (χ4v) is 3.59. The number of piperidine rings is 1. The Bertz CT molecular complexity index is 386. The third-order valence-electron chi connectivity index (χ3n) is 5.19. The molecule has 2 N–H and O–H groups in total. The first kappa shape index (κ1) is 20.5. The Morgan fingerprint density at radius 3 is 2.92 bits per heavy atom. The van der Waals surface area contributed by atoms with Crippen molar-refractivity contribution in [1.29, 1.82) is 0 Å². The minimum atomic E-state index is 0.321. The van der Waals surface area contributed by atoms with Crippen LogP contribution in [0.4, 0.5) is 0 Å². The lowest BCUT2D eigenvalue weighted by Gasteiger charge is -2.35. The summed E-state index contributed by atoms with van der Waals surface area (Å²) in [4.78, 5) is 6.91. The van der Waals surface area contributed by atoms with Crippen LogP contribution in [0.25, 0.3) is 0 Å². The van der Waals surface area contributed by atoms with Crippen LogP contribution in [-0.2, 0) is 9.47 Å². The van der Waals surface area contributed by atoms with Crippen LogP contribution in [0.3, 0.4) is 0 Å². The van der Waals surface area contributed by atoms with Gasteiger partial charge in [-0.1, -0.05) is 6.92 Å². The lowest BCUT2D eigenvalue weighted by atomic mass is 9.99. The van der Waals surface area contributed by atoms with Crippen LogP contribution >= 0.6 is 0 Å². The highest BCUT2D eigenvalue weighted by Gasteiger charge is 2.20. The van der Waals surface area contributed by atoms with Crippen molar-refractivity contribution < 1.29 is 9.47 Å². The van der Waals surface area contributed by atoms with Gasteiger partial charge in [0.05, 0.1) is 12.7 Å². The minimum absolute atomic E-state index is 0.321. The summed E-state index contributed by atoms with van der Waals surface area (Å²) in [7, 11) is 1.83. The number of nitrogens with one attached hydrogen (secondary N) is 2. The van der Waals surface area contributed by atoms with Gasteiger partial charge in [-0.2, -0.15) is 0 Å². The first-order valence-corrected chi connectivity index (χ1v) is 10.1. The molecule has 25 heavy (non-hydrogen) atoms. The molecular weight excluding hydrogens is 316 g/mol. The molecule has 2 aliphatic heterocycles. The van der Waals surface area contributed by atoms with Crippen molar-refractivity contribution in [2.75, 3.05) is 53.0 Å². The van der Waals surface area contributed by atoms with E-state index in [1.54, 1.807) is 0 Å². The average molecular weight is 355 g/mol. The molecule has 0 aromatic carbocycles. The first-order chi connectivity index (χ1) is 12.2. The molecule has 0 radical (unpaired) electrons. The van der Waals surface area contributed by atoms with Gasteiger partial charge >= 0.3 is 0 Å². The van der Waals surface area contributed by atoms with Crippen molar-refractivity contribution in [2.45, 2.75) is 58.1 Å². The monoisotopic (exact) mass is 354 g/mol. The van der Waals surface area contributed by atoms with E-state index in [9.17, 15) is 0 Å². The summed E-state index contributed by atoms with van der Waals surface area (Å²) in [6, 6.07) is 0.538. The molecule has 3 atom stereocenters. The van der Waals surface area contributed by atoms with E-state index in [-0.39, 0.29) is 0 Å². The van der Waals surface area contributed by atoms with E-state index in [0.717, 1.165) is 57.6 Å². The summed E-state index contributed by atoms with van der Waals surface area (Å²) in [5, 5.41) is 6.83. The molecule has 3 unspecified atom stereocenters. The minimum Gasteiger partial charge on any atom is -0.379 e. The molecule has 2 saturated heterocycles. The molecule has 0 amide bonds. The molecule has 2 heterocycles. The average Bonchev–Trinajstić information content (AvgIpc) is 3.13. The predicted molar refractivity (Wildman–Crippen MR) is 103 cm³/mol. The molecule has 2 aliphatic rings. The molecule has 0 bridgehead atoms. The van der Waals surface area contributed by atoms with Gasteiger partial charge in [0.2, 0.25) is 0 Å². The molecule has 0 aromatic rings. The van der Waals surface area contributed by atoms with Gasteiger partial charge in [0.25, 0.3) is 0 Å². The number of aliphatic imine (C=N–C) groups is 1. The molecule has 6 heteroatoms. The third kappa shape index (κ3) is 7.92. The number of nitrogens with zero attached hydrogens (tertiary/aromatic N) is 2. The van der Waals surface area contributed by atoms with Gasteiger partial charge in [-0.05, 0) is 51.5 Å². The van der Waals surface area contributed by atoms with Gasteiger partial charge in [0.1, 0.15) is 0 Å². The number of hydrogen-bond donors (Lipinski definition) is 2. The number of rotatable bonds is 9. The summed E-state index contributed by atoms with van der Waals surface area (Å²) in [5.74, 6) is 1.71. The number of hydrogen-bond acceptors (Lipinski definition) is 4. The Morgan fingerprint density at radius 1 is 1.32 bits per heavy atom. The standard InChI is InChI=1S/C19H38N4O2/c1-16-7-4-10-23(14-16)17(2)13-22-19(20-3)21-9-6-11-24-15-18-8-5-12-25-18/h16-18H,4-15H2,1-3H3,(H2,20,21,22). The summed E-state index contributed by atoms with van der Waals surface area (Å²) >= 11 is 0. The summed E-state index contributed by atoms with van der Waals surface area (Å²) in [6.45, 7) is 11.3. The second kappa shape index (κ2) is 11.7. The van der Waals surface area contributed by atoms with Gasteiger partial charge in [0, 0.05) is 45.9 Å². The van der Waals surface area contributed by atoms with Crippen LogP contribution in [0.5, 0.6) is 0 Å². The topological polar surface area (TPSA) is 58.1 Å². The third-order valence-corrected chi connectivity index (χ3v) is 5.19. The van der Waals surface area contributed by atoms with Crippen LogP contribution in [0.1, 0.15) is 46.0 Å². The van der Waals surface area contributed by atoms with Crippen LogP contribution in [-0.4, -0.2) is 76.1 Å². The molecule has 2 fully saturated rings. The molecule has 6 nitrogen and oxygen atoms in total. The van der Waals surface area contributed by atoms with Crippen LogP contribution in [0, 0.1) is 5.92 Å². The lowest BCUT2D eigenvalue weighted by molar-refractivity contribution is 0.0168. The fourth-order valence-electron chi connectivity index (χ4n) is 3.59. The molecule has 0 spiro atoms. The lowest BCUT2D eigenvalue weighted by Crippen LogP contribution is -2.48. The van der Waals surface area contributed by atoms with E-state index in [4.69, 9.17) is 9.47 Å². The van der Waals surface area contributed by atoms with Crippen molar-refractivity contribution in [3.8, 4) is 0 Å². The van der Waals surface area contributed by atoms with E-state index in [2.05, 4.69) is 34.4 Å². The van der Waals surface area contributed by atoms with Crippen molar-refractivity contribution >= 4 is 5.96 Å². The van der Waals surface area contributed by atoms with Gasteiger partial charge in [-0.25, -0.2) is 0 Å². The van der Waals surface area contributed by atoms with Crippen molar-refractivity contribution in [1.82, 2.24) is 15.5 Å². The molecule has 0 aromatic heterocycles. The van der Waals surface area contributed by atoms with Crippen LogP contribution in [0.15, 0.2) is 4.99 Å². The normalized spacial score (nSPS) is 26.6. The second-order valence-corrected chi connectivity index (χ2v) is 7.53. The van der Waals surface area contributed by atoms with E-state index >= 15 is 0 Å². The number of likely N-dealkylation sites (tertiary alicyclic amines) is 1. The van der Waals surface area contributed by atoms with Crippen LogP contribution < -0.4 is 10.6 Å². The van der Waals surface area contributed by atoms with Crippen molar-refractivity contribution in [2.24, 2.45) is 10.9 Å². The summed E-state index contributed by atoms with van der Waals surface area (Å²) < 4.78 is 11.2. The van der Waals surface area contributed by atoms with Gasteiger partial charge in [0.15, 0.2) is 5.96 Å². The van der Waals surface area contributed by atoms with E-state index in [0.29, 0.717) is 12.1 Å². The summed E-state index contributed by atoms with van der Waals surface area (Å²) in [5.41, 5.74) is 0. The maximum absolute atomic E-state index is 5.69. The Labute approximate surface area is 153 Å². The molecule has 0 aliphatic carbocycles. The maximum Gasteiger partial charge on any atom is 0.191 e. The smallest absolute Gasteiger partial charge is 0.191 e. The van der Waals surface area contributed by atoms with Gasteiger partial charge in [-0.3, -0.25) is 9.89 Å². The number of guanidine groups is 1. The summed E-state index contributed by atoms with van der Waals surface area (Å²) in [6.07, 6.45) is 6.31. The van der Waals surface area contributed by atoms with Gasteiger partial charge < -0.3 is 20.1 Å². The Hall–Kier alpha value is -0.850. The SMILES string of the molecule is CN=C(NCCCOCC1CCCO1)NCC(C)N1CCCC(C)C1. The van der Waals surface area contributed by atoms with Gasteiger partial charge in [-0.15, -0.1) is 0 Å². The molecule has 2 rings (SSSR count). The Balaban J connectivity index is 1.51. The predicted octanol–water partition coefficient (Wildman–Crippen LogP) is 1.86. The highest BCUT2D eigenvalue weighted by Crippen LogP contribution is 2.17. The highest BCUT2D eigenvalue weighted by atomic mass is 16.5. The largest absolute Gasteiger partial charge is 0.379 e.